The van der Waals surface area contributed by atoms with Crippen molar-refractivity contribution in [2.45, 2.75) is 33.5 Å². The van der Waals surface area contributed by atoms with E-state index in [0.29, 0.717) is 17.7 Å². The minimum atomic E-state index is -4.82. The molecular formula is C21H21ClF4N4O2. The number of alkyl halides is 3. The maximum atomic E-state index is 13.9. The van der Waals surface area contributed by atoms with Gasteiger partial charge in [0.1, 0.15) is 12.4 Å². The number of anilines is 2. The summed E-state index contributed by atoms with van der Waals surface area (Å²) in [5, 5.41) is 5.35. The minimum Gasteiger partial charge on any atom is -0.352 e. The number of hydrogen-bond acceptors (Lipinski definition) is 4. The van der Waals surface area contributed by atoms with Crippen molar-refractivity contribution in [3.8, 4) is 0 Å². The predicted octanol–water partition coefficient (Wildman–Crippen LogP) is 4.43. The molecule has 0 spiro atoms. The monoisotopic (exact) mass is 472 g/mol. The van der Waals surface area contributed by atoms with Crippen molar-refractivity contribution >= 4 is 34.8 Å². The summed E-state index contributed by atoms with van der Waals surface area (Å²) in [6, 6.07) is 7.24. The summed E-state index contributed by atoms with van der Waals surface area (Å²) in [5.74, 6) is -2.06. The van der Waals surface area contributed by atoms with Crippen LogP contribution in [0.1, 0.15) is 31.9 Å². The van der Waals surface area contributed by atoms with Crippen LogP contribution in [0.15, 0.2) is 36.4 Å². The van der Waals surface area contributed by atoms with E-state index in [1.165, 1.54) is 5.01 Å². The standard InChI is InChI=1S/C21H21ClF4N4O2/c1-20(2,3)19(32)27-10-12-4-7-15(22)17(8-12)30-18(31)11-29(28-30)13-5-6-14(16(23)9-13)21(24,25)26/h4-9,28H,10-11H2,1-3H3,(H,27,32). The van der Waals surface area contributed by atoms with E-state index >= 15 is 0 Å². The normalized spacial score (nSPS) is 14.8. The molecule has 1 fully saturated rings. The molecule has 1 heterocycles. The van der Waals surface area contributed by atoms with Crippen molar-refractivity contribution in [3.05, 3.63) is 58.4 Å². The van der Waals surface area contributed by atoms with Crippen LogP contribution in [0.5, 0.6) is 0 Å². The minimum absolute atomic E-state index is 0.0380. The van der Waals surface area contributed by atoms with Crippen LogP contribution in [-0.4, -0.2) is 18.4 Å². The summed E-state index contributed by atoms with van der Waals surface area (Å²) < 4.78 is 52.3. The van der Waals surface area contributed by atoms with Gasteiger partial charge in [0.05, 0.1) is 22.0 Å². The lowest BCUT2D eigenvalue weighted by Crippen LogP contribution is -2.41. The Balaban J connectivity index is 1.79. The first-order chi connectivity index (χ1) is 14.8. The zero-order chi connectivity index (χ0) is 23.8. The Bertz CT molecular complexity index is 1050. The van der Waals surface area contributed by atoms with E-state index in [0.717, 1.165) is 11.1 Å². The summed E-state index contributed by atoms with van der Waals surface area (Å²) >= 11 is 6.24. The Morgan fingerprint density at radius 1 is 1.16 bits per heavy atom. The van der Waals surface area contributed by atoms with Gasteiger partial charge in [0.15, 0.2) is 0 Å². The maximum absolute atomic E-state index is 13.9. The number of halogens is 5. The van der Waals surface area contributed by atoms with Crippen LogP contribution in [0.3, 0.4) is 0 Å². The Labute approximate surface area is 187 Å². The second-order valence-electron chi connectivity index (χ2n) is 8.30. The van der Waals surface area contributed by atoms with Gasteiger partial charge in [0.25, 0.3) is 5.91 Å². The first-order valence-electron chi connectivity index (χ1n) is 9.57. The van der Waals surface area contributed by atoms with Crippen LogP contribution in [-0.2, 0) is 22.3 Å². The first-order valence-corrected chi connectivity index (χ1v) is 9.95. The Morgan fingerprint density at radius 2 is 1.84 bits per heavy atom. The van der Waals surface area contributed by atoms with E-state index < -0.39 is 28.9 Å². The second kappa shape index (κ2) is 8.59. The lowest BCUT2D eigenvalue weighted by molar-refractivity contribution is -0.140. The van der Waals surface area contributed by atoms with E-state index in [-0.39, 0.29) is 35.4 Å². The molecule has 11 heteroatoms. The van der Waals surface area contributed by atoms with Crippen molar-refractivity contribution in [2.24, 2.45) is 5.41 Å². The van der Waals surface area contributed by atoms with Gasteiger partial charge in [-0.1, -0.05) is 38.4 Å². The molecule has 2 N–H and O–H groups in total. The molecule has 0 atom stereocenters. The van der Waals surface area contributed by atoms with Crippen LogP contribution in [0, 0.1) is 11.2 Å². The average molecular weight is 473 g/mol. The molecule has 6 nitrogen and oxygen atoms in total. The summed E-state index contributed by atoms with van der Waals surface area (Å²) in [4.78, 5) is 24.6. The first kappa shape index (κ1) is 23.8. The van der Waals surface area contributed by atoms with Gasteiger partial charge in [-0.3, -0.25) is 14.6 Å². The molecule has 3 rings (SSSR count). The molecule has 2 aromatic rings. The lowest BCUT2D eigenvalue weighted by Gasteiger charge is -2.23. The fraction of sp³-hybridized carbons (Fsp3) is 0.333. The molecule has 0 aromatic heterocycles. The van der Waals surface area contributed by atoms with E-state index in [2.05, 4.69) is 10.9 Å². The number of carbonyl (C=O) groups excluding carboxylic acids is 2. The summed E-state index contributed by atoms with van der Waals surface area (Å²) in [7, 11) is 0. The number of hydrazine groups is 2. The van der Waals surface area contributed by atoms with E-state index in [9.17, 15) is 27.2 Å². The molecule has 1 aliphatic rings. The molecule has 2 amide bonds. The van der Waals surface area contributed by atoms with Gasteiger partial charge in [0.2, 0.25) is 5.91 Å². The molecule has 0 saturated carbocycles. The highest BCUT2D eigenvalue weighted by Gasteiger charge is 2.35. The van der Waals surface area contributed by atoms with Gasteiger partial charge in [0, 0.05) is 12.0 Å². The summed E-state index contributed by atoms with van der Waals surface area (Å²) in [6.07, 6.45) is -4.82. The van der Waals surface area contributed by atoms with Crippen LogP contribution < -0.4 is 20.9 Å². The van der Waals surface area contributed by atoms with E-state index in [1.807, 2.05) is 0 Å². The summed E-state index contributed by atoms with van der Waals surface area (Å²) in [6.45, 7) is 5.28. The highest BCUT2D eigenvalue weighted by atomic mass is 35.5. The van der Waals surface area contributed by atoms with E-state index in [1.54, 1.807) is 39.0 Å². The molecule has 1 saturated heterocycles. The lowest BCUT2D eigenvalue weighted by atomic mass is 9.95. The number of amides is 2. The Kier molecular flexibility index (Phi) is 6.39. The fourth-order valence-corrected chi connectivity index (χ4v) is 3.15. The molecule has 1 aliphatic heterocycles. The topological polar surface area (TPSA) is 64.7 Å². The molecule has 32 heavy (non-hydrogen) atoms. The van der Waals surface area contributed by atoms with Gasteiger partial charge < -0.3 is 5.32 Å². The van der Waals surface area contributed by atoms with Crippen LogP contribution in [0.2, 0.25) is 5.02 Å². The number of benzene rings is 2. The number of nitrogens with zero attached hydrogens (tertiary/aromatic N) is 2. The molecule has 0 bridgehead atoms. The van der Waals surface area contributed by atoms with Crippen molar-refractivity contribution in [2.75, 3.05) is 16.6 Å². The third-order valence-electron chi connectivity index (χ3n) is 4.72. The quantitative estimate of drug-likeness (QED) is 0.646. The Morgan fingerprint density at radius 3 is 2.44 bits per heavy atom. The van der Waals surface area contributed by atoms with Gasteiger partial charge in [-0.15, -0.1) is 5.53 Å². The van der Waals surface area contributed by atoms with Crippen molar-refractivity contribution in [1.82, 2.24) is 10.9 Å². The highest BCUT2D eigenvalue weighted by molar-refractivity contribution is 6.33. The second-order valence-corrected chi connectivity index (χ2v) is 8.70. The molecule has 0 radical (unpaired) electrons. The van der Waals surface area contributed by atoms with Crippen LogP contribution in [0.4, 0.5) is 28.9 Å². The fourth-order valence-electron chi connectivity index (χ4n) is 2.94. The van der Waals surface area contributed by atoms with Crippen molar-refractivity contribution in [3.63, 3.8) is 0 Å². The van der Waals surface area contributed by atoms with Gasteiger partial charge in [-0.2, -0.15) is 13.2 Å². The van der Waals surface area contributed by atoms with Crippen molar-refractivity contribution in [1.29, 1.82) is 0 Å². The Hall–Kier alpha value is -2.85. The number of hydrogen-bond donors (Lipinski definition) is 2. The van der Waals surface area contributed by atoms with E-state index in [4.69, 9.17) is 11.6 Å². The van der Waals surface area contributed by atoms with Gasteiger partial charge >= 0.3 is 6.18 Å². The number of carbonyl (C=O) groups is 2. The number of rotatable bonds is 4. The third kappa shape index (κ3) is 5.13. The molecular weight excluding hydrogens is 452 g/mol. The zero-order valence-electron chi connectivity index (χ0n) is 17.5. The van der Waals surface area contributed by atoms with Gasteiger partial charge in [-0.05, 0) is 35.9 Å². The highest BCUT2D eigenvalue weighted by Crippen LogP contribution is 2.34. The zero-order valence-corrected chi connectivity index (χ0v) is 18.2. The average Bonchev–Trinajstić information content (AvgIpc) is 3.06. The molecule has 0 unspecified atom stereocenters. The molecule has 172 valence electrons. The molecule has 2 aromatic carbocycles. The largest absolute Gasteiger partial charge is 0.419 e. The smallest absolute Gasteiger partial charge is 0.352 e. The van der Waals surface area contributed by atoms with Crippen LogP contribution >= 0.6 is 11.6 Å². The predicted molar refractivity (Wildman–Crippen MR) is 112 cm³/mol. The summed E-state index contributed by atoms with van der Waals surface area (Å²) in [5.41, 5.74) is 1.75. The molecule has 0 aliphatic carbocycles. The third-order valence-corrected chi connectivity index (χ3v) is 5.04. The maximum Gasteiger partial charge on any atom is 0.419 e. The van der Waals surface area contributed by atoms with Crippen molar-refractivity contribution < 1.29 is 27.2 Å². The van der Waals surface area contributed by atoms with Gasteiger partial charge in [-0.25, -0.2) is 9.40 Å². The number of nitrogens with one attached hydrogen (secondary N) is 2. The SMILES string of the molecule is CC(C)(C)C(=O)NCc1ccc(Cl)c(N2NN(c3ccc(C(F)(F)F)c(F)c3)CC2=O)c1. The van der Waals surface area contributed by atoms with Crippen LogP contribution in [0.25, 0.3) is 0 Å².